The third-order valence-corrected chi connectivity index (χ3v) is 5.12. The lowest BCUT2D eigenvalue weighted by atomic mass is 9.70. The van der Waals surface area contributed by atoms with E-state index in [2.05, 4.69) is 32.9 Å². The summed E-state index contributed by atoms with van der Waals surface area (Å²) < 4.78 is 11.5. The first-order chi connectivity index (χ1) is 11.3. The van der Waals surface area contributed by atoms with Crippen LogP contribution in [0.15, 0.2) is 36.4 Å². The number of hydrogen-bond donors (Lipinski definition) is 1. The van der Waals surface area contributed by atoms with E-state index < -0.39 is 0 Å². The van der Waals surface area contributed by atoms with E-state index in [0.717, 1.165) is 16.2 Å². The number of nitrogens with one attached hydrogen (secondary N) is 1. The highest BCUT2D eigenvalue weighted by Gasteiger charge is 2.50. The van der Waals surface area contributed by atoms with E-state index in [4.69, 9.17) is 9.39 Å². The molecular weight excluding hydrogens is 301 g/mol. The Morgan fingerprint density at radius 2 is 1.83 bits per heavy atom. The van der Waals surface area contributed by atoms with Crippen LogP contribution in [0.1, 0.15) is 45.0 Å². The molecule has 0 saturated carbocycles. The highest BCUT2D eigenvalue weighted by atomic mass is 16.5. The molecule has 0 atom stereocenters. The molecule has 1 aliphatic heterocycles. The van der Waals surface area contributed by atoms with Gasteiger partial charge >= 0.3 is 13.0 Å². The van der Waals surface area contributed by atoms with Crippen molar-refractivity contribution in [3.8, 4) is 0 Å². The molecule has 0 aliphatic carbocycles. The van der Waals surface area contributed by atoms with Crippen LogP contribution in [0.3, 0.4) is 0 Å². The minimum atomic E-state index is -0.321. The van der Waals surface area contributed by atoms with Crippen molar-refractivity contribution in [2.45, 2.75) is 45.8 Å². The number of carbonyl (C=O) groups excluding carboxylic acids is 1. The fourth-order valence-corrected chi connectivity index (χ4v) is 3.08. The molecule has 4 nitrogen and oxygen atoms in total. The van der Waals surface area contributed by atoms with Crippen molar-refractivity contribution in [2.75, 3.05) is 6.61 Å². The molecule has 0 bridgehead atoms. The number of fused-ring (bicyclic) bond motifs is 1. The van der Waals surface area contributed by atoms with Gasteiger partial charge in [0.15, 0.2) is 0 Å². The number of hydrogen-bond acceptors (Lipinski definition) is 4. The van der Waals surface area contributed by atoms with Crippen LogP contribution in [0.25, 0.3) is 10.8 Å². The van der Waals surface area contributed by atoms with Crippen LogP contribution in [0.5, 0.6) is 0 Å². The fraction of sp³-hybridized carbons (Fsp3) is 0.421. The molecule has 1 aliphatic rings. The summed E-state index contributed by atoms with van der Waals surface area (Å²) in [6.45, 7) is 10.6. The van der Waals surface area contributed by atoms with Crippen molar-refractivity contribution in [2.24, 2.45) is 0 Å². The number of carbonyl (C=O) groups is 1. The van der Waals surface area contributed by atoms with E-state index in [1.54, 1.807) is 0 Å². The molecule has 3 rings (SSSR count). The zero-order valence-electron chi connectivity index (χ0n) is 15.0. The van der Waals surface area contributed by atoms with Gasteiger partial charge in [0.2, 0.25) is 0 Å². The number of ether oxygens (including phenoxy) is 1. The Hall–Kier alpha value is -1.85. The van der Waals surface area contributed by atoms with Crippen LogP contribution >= 0.6 is 0 Å². The second-order valence-electron chi connectivity index (χ2n) is 7.25. The normalized spacial score (nSPS) is 18.8. The van der Waals surface area contributed by atoms with Crippen molar-refractivity contribution in [1.82, 2.24) is 5.23 Å². The summed E-state index contributed by atoms with van der Waals surface area (Å²) >= 11 is 0. The van der Waals surface area contributed by atoms with Gasteiger partial charge < -0.3 is 14.6 Å². The van der Waals surface area contributed by atoms with Gasteiger partial charge in [0, 0.05) is 5.54 Å². The molecule has 0 unspecified atom stereocenters. The van der Waals surface area contributed by atoms with E-state index in [-0.39, 0.29) is 24.2 Å². The standard InChI is InChI=1S/C19H24BNO3/c1-6-23-17(22)14-11-7-9-13-10-8-12-15(16(13)14)20-21-18(2,3)19(4,5)24-20/h7-12,21H,6H2,1-5H3. The Balaban J connectivity index is 2.14. The summed E-state index contributed by atoms with van der Waals surface area (Å²) in [5, 5.41) is 5.45. The zero-order chi connectivity index (χ0) is 17.5. The summed E-state index contributed by atoms with van der Waals surface area (Å²) in [6, 6.07) is 11.7. The Bertz CT molecular complexity index is 764. The molecule has 0 radical (unpaired) electrons. The molecule has 0 spiro atoms. The van der Waals surface area contributed by atoms with Gasteiger partial charge in [-0.25, -0.2) is 4.79 Å². The van der Waals surface area contributed by atoms with Crippen LogP contribution in [-0.2, 0) is 9.39 Å². The second kappa shape index (κ2) is 5.90. The minimum Gasteiger partial charge on any atom is -0.462 e. The highest BCUT2D eigenvalue weighted by molar-refractivity contribution is 6.69. The van der Waals surface area contributed by atoms with E-state index in [1.807, 2.05) is 43.3 Å². The molecule has 1 fully saturated rings. The first kappa shape index (κ1) is 17.0. The summed E-state index contributed by atoms with van der Waals surface area (Å²) in [5.41, 5.74) is 1.05. The largest absolute Gasteiger partial charge is 0.462 e. The number of benzene rings is 2. The second-order valence-corrected chi connectivity index (χ2v) is 7.25. The maximum Gasteiger partial charge on any atom is 0.417 e. The van der Waals surface area contributed by atoms with Gasteiger partial charge in [0.25, 0.3) is 0 Å². The maximum atomic E-state index is 12.4. The number of rotatable bonds is 3. The molecule has 2 aromatic carbocycles. The molecule has 1 saturated heterocycles. The summed E-state index contributed by atoms with van der Waals surface area (Å²) in [4.78, 5) is 12.4. The summed E-state index contributed by atoms with van der Waals surface area (Å²) in [6.07, 6.45) is 0. The van der Waals surface area contributed by atoms with Gasteiger partial charge in [-0.05, 0) is 56.9 Å². The van der Waals surface area contributed by atoms with Gasteiger partial charge in [-0.1, -0.05) is 30.3 Å². The quantitative estimate of drug-likeness (QED) is 0.696. The lowest BCUT2D eigenvalue weighted by Gasteiger charge is -2.33. The van der Waals surface area contributed by atoms with Crippen LogP contribution in [-0.4, -0.2) is 30.8 Å². The molecule has 0 aromatic heterocycles. The van der Waals surface area contributed by atoms with Crippen LogP contribution in [0.2, 0.25) is 0 Å². The van der Waals surface area contributed by atoms with Gasteiger partial charge in [0.05, 0.1) is 17.8 Å². The molecule has 5 heteroatoms. The molecule has 1 N–H and O–H groups in total. The van der Waals surface area contributed by atoms with E-state index in [1.165, 1.54) is 0 Å². The van der Waals surface area contributed by atoms with Crippen molar-refractivity contribution < 1.29 is 14.2 Å². The molecule has 1 heterocycles. The first-order valence-corrected chi connectivity index (χ1v) is 8.41. The first-order valence-electron chi connectivity index (χ1n) is 8.41. The predicted molar refractivity (Wildman–Crippen MR) is 97.7 cm³/mol. The van der Waals surface area contributed by atoms with Crippen molar-refractivity contribution >= 4 is 29.3 Å². The van der Waals surface area contributed by atoms with Crippen LogP contribution in [0, 0.1) is 0 Å². The summed E-state index contributed by atoms with van der Waals surface area (Å²) in [7, 11) is -0.269. The van der Waals surface area contributed by atoms with Crippen LogP contribution in [0.4, 0.5) is 0 Å². The molecule has 0 amide bonds. The van der Waals surface area contributed by atoms with E-state index >= 15 is 0 Å². The zero-order valence-corrected chi connectivity index (χ0v) is 15.0. The highest BCUT2D eigenvalue weighted by Crippen LogP contribution is 2.32. The third kappa shape index (κ3) is 2.72. The van der Waals surface area contributed by atoms with Crippen molar-refractivity contribution in [3.63, 3.8) is 0 Å². The smallest absolute Gasteiger partial charge is 0.417 e. The molecule has 24 heavy (non-hydrogen) atoms. The minimum absolute atomic E-state index is 0.182. The Kier molecular flexibility index (Phi) is 4.18. The van der Waals surface area contributed by atoms with E-state index in [9.17, 15) is 4.79 Å². The lowest BCUT2D eigenvalue weighted by molar-refractivity contribution is 0.0529. The van der Waals surface area contributed by atoms with Crippen molar-refractivity contribution in [1.29, 1.82) is 0 Å². The maximum absolute atomic E-state index is 12.4. The van der Waals surface area contributed by atoms with Gasteiger partial charge in [-0.15, -0.1) is 0 Å². The van der Waals surface area contributed by atoms with E-state index in [0.29, 0.717) is 12.2 Å². The monoisotopic (exact) mass is 325 g/mol. The average molecular weight is 325 g/mol. The Labute approximate surface area is 143 Å². The SMILES string of the molecule is CCOC(=O)c1cccc2cccc(B3NC(C)(C)C(C)(C)O3)c12. The predicted octanol–water partition coefficient (Wildman–Crippen LogP) is 2.89. The third-order valence-electron chi connectivity index (χ3n) is 5.12. The molecule has 126 valence electrons. The molecular formula is C19H24BNO3. The van der Waals surface area contributed by atoms with Gasteiger partial charge in [-0.2, -0.15) is 0 Å². The summed E-state index contributed by atoms with van der Waals surface area (Å²) in [5.74, 6) is -0.299. The molecule has 2 aromatic rings. The van der Waals surface area contributed by atoms with Gasteiger partial charge in [-0.3, -0.25) is 0 Å². The number of esters is 1. The van der Waals surface area contributed by atoms with Gasteiger partial charge in [0.1, 0.15) is 0 Å². The van der Waals surface area contributed by atoms with Crippen molar-refractivity contribution in [3.05, 3.63) is 42.0 Å². The average Bonchev–Trinajstić information content (AvgIpc) is 2.74. The Morgan fingerprint density at radius 3 is 2.42 bits per heavy atom. The Morgan fingerprint density at radius 1 is 1.17 bits per heavy atom. The van der Waals surface area contributed by atoms with Crippen LogP contribution < -0.4 is 10.7 Å². The topological polar surface area (TPSA) is 47.6 Å². The fourth-order valence-electron chi connectivity index (χ4n) is 3.08. The lowest BCUT2D eigenvalue weighted by Crippen LogP contribution is -2.51.